The summed E-state index contributed by atoms with van der Waals surface area (Å²) in [7, 11) is 1.46. The van der Waals surface area contributed by atoms with Gasteiger partial charge in [0.2, 0.25) is 0 Å². The second-order valence-corrected chi connectivity index (χ2v) is 5.98. The average molecular weight is 331 g/mol. The van der Waals surface area contributed by atoms with Crippen molar-refractivity contribution in [1.82, 2.24) is 15.1 Å². The molecule has 0 saturated carbocycles. The van der Waals surface area contributed by atoms with Crippen LogP contribution in [0.25, 0.3) is 5.69 Å². The third-order valence-corrected chi connectivity index (χ3v) is 3.63. The largest absolute Gasteiger partial charge is 0.481 e. The molecule has 0 fully saturated rings. The number of aromatic nitrogens is 2. The van der Waals surface area contributed by atoms with Gasteiger partial charge in [0, 0.05) is 13.3 Å². The van der Waals surface area contributed by atoms with Gasteiger partial charge in [0.25, 0.3) is 5.91 Å². The SMILES string of the molecule is COCC(C)(CC(=O)O)NC(=O)c1cnn(-c2ccccc2C)c1. The molecule has 0 saturated heterocycles. The van der Waals surface area contributed by atoms with E-state index in [4.69, 9.17) is 9.84 Å². The summed E-state index contributed by atoms with van der Waals surface area (Å²) in [6.07, 6.45) is 2.83. The van der Waals surface area contributed by atoms with E-state index in [1.54, 1.807) is 17.8 Å². The van der Waals surface area contributed by atoms with Crippen molar-refractivity contribution >= 4 is 11.9 Å². The number of amides is 1. The molecule has 2 N–H and O–H groups in total. The summed E-state index contributed by atoms with van der Waals surface area (Å²) in [6.45, 7) is 3.69. The number of carboxylic acid groups (broad SMARTS) is 1. The highest BCUT2D eigenvalue weighted by Crippen LogP contribution is 2.15. The number of hydrogen-bond acceptors (Lipinski definition) is 4. The van der Waals surface area contributed by atoms with Gasteiger partial charge >= 0.3 is 5.97 Å². The molecular formula is C17H21N3O4. The summed E-state index contributed by atoms with van der Waals surface area (Å²) in [5.74, 6) is -1.40. The van der Waals surface area contributed by atoms with Crippen LogP contribution in [-0.2, 0) is 9.53 Å². The maximum absolute atomic E-state index is 12.4. The molecule has 0 spiro atoms. The van der Waals surface area contributed by atoms with Gasteiger partial charge < -0.3 is 15.2 Å². The van der Waals surface area contributed by atoms with Crippen molar-refractivity contribution in [3.63, 3.8) is 0 Å². The lowest BCUT2D eigenvalue weighted by Gasteiger charge is -2.28. The molecule has 0 bridgehead atoms. The summed E-state index contributed by atoms with van der Waals surface area (Å²) >= 11 is 0. The lowest BCUT2D eigenvalue weighted by molar-refractivity contribution is -0.139. The number of benzene rings is 1. The highest BCUT2D eigenvalue weighted by Gasteiger charge is 2.30. The standard InChI is InChI=1S/C17H21N3O4/c1-12-6-4-5-7-14(12)20-10-13(9-18-20)16(23)19-17(2,11-24-3)8-15(21)22/h4-7,9-10H,8,11H2,1-3H3,(H,19,23)(H,21,22). The van der Waals surface area contributed by atoms with E-state index in [2.05, 4.69) is 10.4 Å². The van der Waals surface area contributed by atoms with E-state index in [1.165, 1.54) is 13.3 Å². The van der Waals surface area contributed by atoms with Crippen LogP contribution in [0.3, 0.4) is 0 Å². The Kier molecular flexibility index (Phi) is 5.35. The van der Waals surface area contributed by atoms with Crippen LogP contribution in [0.2, 0.25) is 0 Å². The monoisotopic (exact) mass is 331 g/mol. The summed E-state index contributed by atoms with van der Waals surface area (Å²) in [4.78, 5) is 23.4. The number of hydrogen-bond donors (Lipinski definition) is 2. The number of para-hydroxylation sites is 1. The van der Waals surface area contributed by atoms with Crippen molar-refractivity contribution in [2.75, 3.05) is 13.7 Å². The molecule has 128 valence electrons. The van der Waals surface area contributed by atoms with Crippen LogP contribution in [0, 0.1) is 6.92 Å². The Hall–Kier alpha value is -2.67. The van der Waals surface area contributed by atoms with Crippen molar-refractivity contribution < 1.29 is 19.4 Å². The van der Waals surface area contributed by atoms with Crippen LogP contribution in [-0.4, -0.2) is 46.0 Å². The molecule has 1 unspecified atom stereocenters. The van der Waals surface area contributed by atoms with Crippen molar-refractivity contribution in [2.45, 2.75) is 25.8 Å². The van der Waals surface area contributed by atoms with Gasteiger partial charge in [0.15, 0.2) is 0 Å². The quantitative estimate of drug-likeness (QED) is 0.807. The minimum Gasteiger partial charge on any atom is -0.481 e. The fourth-order valence-electron chi connectivity index (χ4n) is 2.52. The summed E-state index contributed by atoms with van der Waals surface area (Å²) < 4.78 is 6.66. The zero-order valence-electron chi connectivity index (χ0n) is 13.9. The van der Waals surface area contributed by atoms with Crippen LogP contribution in [0.4, 0.5) is 0 Å². The summed E-state index contributed by atoms with van der Waals surface area (Å²) in [5, 5.41) is 16.0. The normalized spacial score (nSPS) is 13.3. The Morgan fingerprint density at radius 3 is 2.71 bits per heavy atom. The molecule has 0 aliphatic carbocycles. The van der Waals surface area contributed by atoms with E-state index in [9.17, 15) is 9.59 Å². The number of methoxy groups -OCH3 is 1. The number of carboxylic acids is 1. The molecule has 24 heavy (non-hydrogen) atoms. The number of rotatable bonds is 7. The zero-order chi connectivity index (χ0) is 17.7. The maximum Gasteiger partial charge on any atom is 0.305 e. The van der Waals surface area contributed by atoms with E-state index < -0.39 is 17.4 Å². The Labute approximate surface area is 140 Å². The minimum atomic E-state index is -1.01. The Morgan fingerprint density at radius 2 is 2.08 bits per heavy atom. The van der Waals surface area contributed by atoms with E-state index >= 15 is 0 Å². The molecular weight excluding hydrogens is 310 g/mol. The van der Waals surface area contributed by atoms with Gasteiger partial charge in [-0.2, -0.15) is 5.10 Å². The lowest BCUT2D eigenvalue weighted by atomic mass is 9.98. The maximum atomic E-state index is 12.4. The van der Waals surface area contributed by atoms with E-state index in [0.29, 0.717) is 5.56 Å². The number of carbonyl (C=O) groups is 2. The lowest BCUT2D eigenvalue weighted by Crippen LogP contribution is -2.50. The molecule has 2 aromatic rings. The smallest absolute Gasteiger partial charge is 0.305 e. The first kappa shape index (κ1) is 17.7. The fraction of sp³-hybridized carbons (Fsp3) is 0.353. The zero-order valence-corrected chi connectivity index (χ0v) is 13.9. The summed E-state index contributed by atoms with van der Waals surface area (Å²) in [5.41, 5.74) is 1.26. The van der Waals surface area contributed by atoms with Gasteiger partial charge in [-0.25, -0.2) is 4.68 Å². The minimum absolute atomic E-state index is 0.0942. The third kappa shape index (κ3) is 4.20. The number of nitrogens with zero attached hydrogens (tertiary/aromatic N) is 2. The Morgan fingerprint density at radius 1 is 1.38 bits per heavy atom. The van der Waals surface area contributed by atoms with Crippen LogP contribution < -0.4 is 5.32 Å². The first-order chi connectivity index (χ1) is 11.3. The van der Waals surface area contributed by atoms with Crippen LogP contribution in [0.5, 0.6) is 0 Å². The molecule has 0 aliphatic rings. The third-order valence-electron chi connectivity index (χ3n) is 3.63. The highest BCUT2D eigenvalue weighted by atomic mass is 16.5. The van der Waals surface area contributed by atoms with Gasteiger partial charge in [-0.1, -0.05) is 18.2 Å². The molecule has 0 radical (unpaired) electrons. The van der Waals surface area contributed by atoms with Crippen LogP contribution >= 0.6 is 0 Å². The molecule has 1 atom stereocenters. The molecule has 1 aromatic heterocycles. The molecule has 1 amide bonds. The highest BCUT2D eigenvalue weighted by molar-refractivity contribution is 5.94. The first-order valence-corrected chi connectivity index (χ1v) is 7.48. The number of nitrogens with one attached hydrogen (secondary N) is 1. The predicted molar refractivity (Wildman–Crippen MR) is 88.3 cm³/mol. The van der Waals surface area contributed by atoms with Crippen molar-refractivity contribution in [1.29, 1.82) is 0 Å². The number of ether oxygens (including phenoxy) is 1. The number of carbonyl (C=O) groups excluding carboxylic acids is 1. The second kappa shape index (κ2) is 7.27. The van der Waals surface area contributed by atoms with Crippen molar-refractivity contribution in [3.05, 3.63) is 47.8 Å². The summed E-state index contributed by atoms with van der Waals surface area (Å²) in [6, 6.07) is 7.69. The van der Waals surface area contributed by atoms with Gasteiger partial charge in [-0.05, 0) is 25.5 Å². The van der Waals surface area contributed by atoms with Gasteiger partial charge in [-0.3, -0.25) is 9.59 Å². The number of aryl methyl sites for hydroxylation is 1. The van der Waals surface area contributed by atoms with Gasteiger partial charge in [0.05, 0.1) is 36.0 Å². The predicted octanol–water partition coefficient (Wildman–Crippen LogP) is 1.79. The fourth-order valence-corrected chi connectivity index (χ4v) is 2.52. The average Bonchev–Trinajstić information content (AvgIpc) is 2.96. The van der Waals surface area contributed by atoms with Gasteiger partial charge in [0.1, 0.15) is 0 Å². The first-order valence-electron chi connectivity index (χ1n) is 7.48. The second-order valence-electron chi connectivity index (χ2n) is 5.98. The molecule has 2 rings (SSSR count). The topological polar surface area (TPSA) is 93.4 Å². The molecule has 1 heterocycles. The van der Waals surface area contributed by atoms with E-state index in [1.807, 2.05) is 31.2 Å². The van der Waals surface area contributed by atoms with Crippen molar-refractivity contribution in [3.8, 4) is 5.69 Å². The molecule has 0 aliphatic heterocycles. The molecule has 7 heteroatoms. The Balaban J connectivity index is 2.18. The van der Waals surface area contributed by atoms with E-state index in [0.717, 1.165) is 11.3 Å². The molecule has 7 nitrogen and oxygen atoms in total. The Bertz CT molecular complexity index is 741. The van der Waals surface area contributed by atoms with E-state index in [-0.39, 0.29) is 13.0 Å². The van der Waals surface area contributed by atoms with Crippen LogP contribution in [0.15, 0.2) is 36.7 Å². The van der Waals surface area contributed by atoms with Gasteiger partial charge in [-0.15, -0.1) is 0 Å². The number of aliphatic carboxylic acids is 1. The van der Waals surface area contributed by atoms with Crippen molar-refractivity contribution in [2.24, 2.45) is 0 Å². The van der Waals surface area contributed by atoms with Crippen LogP contribution in [0.1, 0.15) is 29.3 Å². The molecule has 1 aromatic carbocycles.